The fourth-order valence-electron chi connectivity index (χ4n) is 3.41. The number of fused-ring (bicyclic) bond motifs is 1. The topological polar surface area (TPSA) is 100 Å². The summed E-state index contributed by atoms with van der Waals surface area (Å²) in [6.45, 7) is 0.285. The van der Waals surface area contributed by atoms with Crippen LogP contribution in [0.2, 0.25) is 0 Å². The molecule has 8 heteroatoms. The van der Waals surface area contributed by atoms with Gasteiger partial charge >= 0.3 is 0 Å². The van der Waals surface area contributed by atoms with Gasteiger partial charge in [0.1, 0.15) is 17.5 Å². The lowest BCUT2D eigenvalue weighted by molar-refractivity contribution is -0.119. The number of amides is 1. The van der Waals surface area contributed by atoms with Crippen LogP contribution < -0.4 is 4.90 Å². The third-order valence-electron chi connectivity index (χ3n) is 4.66. The molecule has 2 aliphatic heterocycles. The number of benzene rings is 2. The number of hydrogen-bond donors (Lipinski definition) is 2. The van der Waals surface area contributed by atoms with E-state index in [4.69, 9.17) is 5.26 Å². The molecule has 27 heavy (non-hydrogen) atoms. The standard InChI is InChI=1S/C19H15BrN4O3/c20-13-3-1-2-4-15(13)24-18(27)16-8-12(25)10-23(16)19(24)22-14-6-5-11(9-21)7-17(14)26/h1-7,12,16,25-26H,8,10H2/b22-19+/t12-,16+/m1/s1. The molecule has 2 aromatic rings. The average molecular weight is 427 g/mol. The first-order valence-corrected chi connectivity index (χ1v) is 9.14. The largest absolute Gasteiger partial charge is 0.506 e. The van der Waals surface area contributed by atoms with Crippen molar-refractivity contribution < 1.29 is 15.0 Å². The molecule has 2 fully saturated rings. The SMILES string of the molecule is N#Cc1ccc(/N=C2/N(c3ccccc3Br)C(=O)[C@@H]3C[C@@H](O)CN23)c(O)c1. The second-order valence-corrected chi connectivity index (χ2v) is 7.26. The van der Waals surface area contributed by atoms with Crippen LogP contribution in [0, 0.1) is 11.3 Å². The Hall–Kier alpha value is -2.89. The number of aliphatic imine (C=N–C) groups is 1. The van der Waals surface area contributed by atoms with Gasteiger partial charge < -0.3 is 15.1 Å². The summed E-state index contributed by atoms with van der Waals surface area (Å²) in [5.41, 5.74) is 1.20. The van der Waals surface area contributed by atoms with Gasteiger partial charge in [-0.15, -0.1) is 0 Å². The number of rotatable bonds is 2. The van der Waals surface area contributed by atoms with Crippen LogP contribution in [-0.4, -0.2) is 45.7 Å². The van der Waals surface area contributed by atoms with Gasteiger partial charge in [-0.3, -0.25) is 4.79 Å². The Morgan fingerprint density at radius 3 is 2.74 bits per heavy atom. The number of phenols is 1. The maximum absolute atomic E-state index is 13.0. The highest BCUT2D eigenvalue weighted by Gasteiger charge is 2.49. The number of carbonyl (C=O) groups is 1. The molecule has 2 aromatic carbocycles. The zero-order valence-electron chi connectivity index (χ0n) is 14.1. The zero-order valence-corrected chi connectivity index (χ0v) is 15.7. The summed E-state index contributed by atoms with van der Waals surface area (Å²) < 4.78 is 0.733. The zero-order chi connectivity index (χ0) is 19.1. The van der Waals surface area contributed by atoms with Gasteiger partial charge in [-0.2, -0.15) is 5.26 Å². The lowest BCUT2D eigenvalue weighted by atomic mass is 10.2. The number of guanidine groups is 1. The summed E-state index contributed by atoms with van der Waals surface area (Å²) in [6, 6.07) is 13.2. The second kappa shape index (κ2) is 6.68. The van der Waals surface area contributed by atoms with E-state index >= 15 is 0 Å². The van der Waals surface area contributed by atoms with Gasteiger partial charge in [0.25, 0.3) is 5.91 Å². The van der Waals surface area contributed by atoms with Crippen LogP contribution in [0.5, 0.6) is 5.75 Å². The van der Waals surface area contributed by atoms with Gasteiger partial charge in [0.05, 0.1) is 23.4 Å². The molecule has 0 radical (unpaired) electrons. The Bertz CT molecular complexity index is 1000. The van der Waals surface area contributed by atoms with Gasteiger partial charge in [0, 0.05) is 17.4 Å². The van der Waals surface area contributed by atoms with E-state index in [2.05, 4.69) is 20.9 Å². The summed E-state index contributed by atoms with van der Waals surface area (Å²) in [7, 11) is 0. The summed E-state index contributed by atoms with van der Waals surface area (Å²) in [6.07, 6.45) is -0.280. The Morgan fingerprint density at radius 2 is 2.04 bits per heavy atom. The van der Waals surface area contributed by atoms with E-state index in [-0.39, 0.29) is 23.9 Å². The van der Waals surface area contributed by atoms with Gasteiger partial charge in [0.15, 0.2) is 0 Å². The highest BCUT2D eigenvalue weighted by Crippen LogP contribution is 2.37. The summed E-state index contributed by atoms with van der Waals surface area (Å²) in [5.74, 6) is 0.0167. The van der Waals surface area contributed by atoms with Crippen LogP contribution in [0.15, 0.2) is 51.9 Å². The summed E-state index contributed by atoms with van der Waals surface area (Å²) in [5, 5.41) is 29.2. The number of aromatic hydroxyl groups is 1. The van der Waals surface area contributed by atoms with E-state index in [1.165, 1.54) is 17.0 Å². The first-order chi connectivity index (χ1) is 13.0. The van der Waals surface area contributed by atoms with Crippen molar-refractivity contribution in [2.24, 2.45) is 4.99 Å². The molecule has 0 saturated carbocycles. The molecule has 0 unspecified atom stereocenters. The number of anilines is 1. The van der Waals surface area contributed by atoms with Crippen LogP contribution in [0.1, 0.15) is 12.0 Å². The highest BCUT2D eigenvalue weighted by atomic mass is 79.9. The first kappa shape index (κ1) is 17.5. The molecule has 1 amide bonds. The maximum Gasteiger partial charge on any atom is 0.256 e. The van der Waals surface area contributed by atoms with E-state index in [1.807, 2.05) is 24.3 Å². The molecular weight excluding hydrogens is 412 g/mol. The molecule has 0 aliphatic carbocycles. The predicted octanol–water partition coefficient (Wildman–Crippen LogP) is 2.50. The Balaban J connectivity index is 1.85. The molecule has 0 bridgehead atoms. The molecule has 7 nitrogen and oxygen atoms in total. The van der Waals surface area contributed by atoms with Gasteiger partial charge in [-0.05, 0) is 46.3 Å². The van der Waals surface area contributed by atoms with Crippen LogP contribution in [0.4, 0.5) is 11.4 Å². The third-order valence-corrected chi connectivity index (χ3v) is 5.33. The number of aliphatic hydroxyl groups excluding tert-OH is 1. The van der Waals surface area contributed by atoms with Crippen LogP contribution in [-0.2, 0) is 4.79 Å². The van der Waals surface area contributed by atoms with Gasteiger partial charge in [0.2, 0.25) is 5.96 Å². The van der Waals surface area contributed by atoms with Crippen molar-refractivity contribution in [1.29, 1.82) is 5.26 Å². The molecule has 136 valence electrons. The average Bonchev–Trinajstić information content (AvgIpc) is 3.14. The number of halogens is 1. The fourth-order valence-corrected chi connectivity index (χ4v) is 3.88. The highest BCUT2D eigenvalue weighted by molar-refractivity contribution is 9.10. The summed E-state index contributed by atoms with van der Waals surface area (Å²) in [4.78, 5) is 20.8. The minimum absolute atomic E-state index is 0.149. The number of phenolic OH excluding ortho intramolecular Hbond substituents is 1. The number of aliphatic hydroxyl groups is 1. The van der Waals surface area contributed by atoms with Crippen molar-refractivity contribution in [3.63, 3.8) is 0 Å². The normalized spacial score (nSPS) is 23.0. The molecule has 2 aliphatic rings. The molecular formula is C19H15BrN4O3. The van der Waals surface area contributed by atoms with Crippen molar-refractivity contribution in [3.05, 3.63) is 52.5 Å². The van der Waals surface area contributed by atoms with Gasteiger partial charge in [-0.1, -0.05) is 12.1 Å². The number of hydrogen-bond acceptors (Lipinski definition) is 5. The van der Waals surface area contributed by atoms with E-state index in [1.54, 1.807) is 17.0 Å². The summed E-state index contributed by atoms with van der Waals surface area (Å²) >= 11 is 3.47. The fraction of sp³-hybridized carbons (Fsp3) is 0.211. The predicted molar refractivity (Wildman–Crippen MR) is 103 cm³/mol. The molecule has 2 atom stereocenters. The molecule has 0 spiro atoms. The van der Waals surface area contributed by atoms with Crippen molar-refractivity contribution in [1.82, 2.24) is 4.90 Å². The lowest BCUT2D eigenvalue weighted by Crippen LogP contribution is -2.36. The van der Waals surface area contributed by atoms with Gasteiger partial charge in [-0.25, -0.2) is 9.89 Å². The second-order valence-electron chi connectivity index (χ2n) is 6.41. The Labute approximate surface area is 163 Å². The van der Waals surface area contributed by atoms with E-state index in [9.17, 15) is 15.0 Å². The Morgan fingerprint density at radius 1 is 1.26 bits per heavy atom. The third kappa shape index (κ3) is 2.95. The van der Waals surface area contributed by atoms with E-state index < -0.39 is 12.1 Å². The van der Waals surface area contributed by atoms with Crippen molar-refractivity contribution in [3.8, 4) is 11.8 Å². The van der Waals surface area contributed by atoms with Crippen molar-refractivity contribution in [2.45, 2.75) is 18.6 Å². The minimum Gasteiger partial charge on any atom is -0.506 e. The van der Waals surface area contributed by atoms with Crippen molar-refractivity contribution >= 4 is 39.2 Å². The molecule has 0 aromatic heterocycles. The van der Waals surface area contributed by atoms with Crippen molar-refractivity contribution in [2.75, 3.05) is 11.4 Å². The molecule has 4 rings (SSSR count). The number of carbonyl (C=O) groups excluding carboxylic acids is 1. The monoisotopic (exact) mass is 426 g/mol. The number of para-hydroxylation sites is 1. The molecule has 2 saturated heterocycles. The smallest absolute Gasteiger partial charge is 0.256 e. The Kier molecular flexibility index (Phi) is 4.34. The van der Waals surface area contributed by atoms with Crippen LogP contribution >= 0.6 is 15.9 Å². The van der Waals surface area contributed by atoms with E-state index in [0.717, 1.165) is 4.47 Å². The first-order valence-electron chi connectivity index (χ1n) is 8.34. The molecule has 2 heterocycles. The number of nitrogens with zero attached hydrogens (tertiary/aromatic N) is 4. The quantitative estimate of drug-likeness (QED) is 0.767. The molecule has 2 N–H and O–H groups in total. The minimum atomic E-state index is -0.611. The van der Waals surface area contributed by atoms with Crippen LogP contribution in [0.25, 0.3) is 0 Å². The lowest BCUT2D eigenvalue weighted by Gasteiger charge is -2.22. The van der Waals surface area contributed by atoms with E-state index in [0.29, 0.717) is 23.6 Å². The maximum atomic E-state index is 13.0. The number of nitriles is 1. The van der Waals surface area contributed by atoms with Crippen LogP contribution in [0.3, 0.4) is 0 Å².